The molecule has 1 fully saturated rings. The van der Waals surface area contributed by atoms with Crippen molar-refractivity contribution in [3.8, 4) is 11.4 Å². The van der Waals surface area contributed by atoms with Crippen LogP contribution in [0.4, 0.5) is 13.2 Å². The summed E-state index contributed by atoms with van der Waals surface area (Å²) in [6.45, 7) is 1.38. The van der Waals surface area contributed by atoms with E-state index < -0.39 is 23.0 Å². The molecule has 9 nitrogen and oxygen atoms in total. The van der Waals surface area contributed by atoms with Crippen LogP contribution in [0.1, 0.15) is 42.7 Å². The Bertz CT molecular complexity index is 777. The smallest absolute Gasteiger partial charge is 0.416 e. The molecular weight excluding hydrogens is 411 g/mol. The second-order valence-corrected chi connectivity index (χ2v) is 7.11. The standard InChI is InChI=1S/C16H21F3N6.H3NO2S/c17-16(18,19)11-3-6-13(14(9-11)15-22-24-25-23-15)10-1-4-12(5-2-10)21-8-7-20;1-4(2)3/h3,6,9-10,12,21H,1-2,4-5,7-8,20H2,(H,22,23,24,25);1H2,(H,2,3)/p-1. The van der Waals surface area contributed by atoms with E-state index in [-0.39, 0.29) is 11.7 Å². The van der Waals surface area contributed by atoms with E-state index in [0.717, 1.165) is 49.9 Å². The molecule has 1 saturated carbocycles. The Morgan fingerprint density at radius 2 is 1.93 bits per heavy atom. The topological polar surface area (TPSA) is 159 Å². The first kappa shape index (κ1) is 23.3. The predicted molar refractivity (Wildman–Crippen MR) is 99.8 cm³/mol. The van der Waals surface area contributed by atoms with Crippen LogP contribution in [0.5, 0.6) is 0 Å². The van der Waals surface area contributed by atoms with Crippen molar-refractivity contribution < 1.29 is 21.9 Å². The fourth-order valence-electron chi connectivity index (χ4n) is 3.45. The zero-order chi connectivity index (χ0) is 21.4. The van der Waals surface area contributed by atoms with Gasteiger partial charge in [0.05, 0.1) is 5.56 Å². The molecule has 1 aliphatic rings. The number of rotatable bonds is 5. The average Bonchev–Trinajstić information content (AvgIpc) is 3.20. The van der Waals surface area contributed by atoms with E-state index >= 15 is 0 Å². The molecule has 2 aromatic rings. The van der Waals surface area contributed by atoms with Gasteiger partial charge in [0, 0.05) is 36.0 Å². The summed E-state index contributed by atoms with van der Waals surface area (Å²) in [5.74, 6) is 0.385. The fourth-order valence-corrected chi connectivity index (χ4v) is 3.45. The van der Waals surface area contributed by atoms with Crippen molar-refractivity contribution in [1.82, 2.24) is 25.9 Å². The van der Waals surface area contributed by atoms with Crippen molar-refractivity contribution in [3.63, 3.8) is 0 Å². The summed E-state index contributed by atoms with van der Waals surface area (Å²) in [5.41, 5.74) is 6.07. The number of alkyl halides is 3. The number of halogens is 3. The molecule has 0 bridgehead atoms. The van der Waals surface area contributed by atoms with Crippen LogP contribution >= 0.6 is 0 Å². The number of H-pyrrole nitrogens is 1. The first-order valence-electron chi connectivity index (χ1n) is 8.94. The third-order valence-electron chi connectivity index (χ3n) is 4.71. The van der Waals surface area contributed by atoms with Crippen LogP contribution in [0.2, 0.25) is 0 Å². The number of hydrogen-bond acceptors (Lipinski definition) is 7. The Balaban J connectivity index is 0.000000687. The summed E-state index contributed by atoms with van der Waals surface area (Å²) in [7, 11) is 0. The monoisotopic (exact) mass is 434 g/mol. The third kappa shape index (κ3) is 7.12. The average molecular weight is 434 g/mol. The molecule has 1 aromatic heterocycles. The highest BCUT2D eigenvalue weighted by Crippen LogP contribution is 2.40. The van der Waals surface area contributed by atoms with E-state index in [1.165, 1.54) is 0 Å². The lowest BCUT2D eigenvalue weighted by atomic mass is 9.79. The lowest BCUT2D eigenvalue weighted by molar-refractivity contribution is -0.137. The molecule has 162 valence electrons. The van der Waals surface area contributed by atoms with Crippen LogP contribution in [0.15, 0.2) is 18.2 Å². The maximum absolute atomic E-state index is 13.1. The number of tetrazole rings is 1. The van der Waals surface area contributed by atoms with Gasteiger partial charge in [-0.1, -0.05) is 6.07 Å². The predicted octanol–water partition coefficient (Wildman–Crippen LogP) is 1.20. The Labute approximate surface area is 168 Å². The Morgan fingerprint density at radius 1 is 1.28 bits per heavy atom. The van der Waals surface area contributed by atoms with Gasteiger partial charge in [-0.3, -0.25) is 9.35 Å². The van der Waals surface area contributed by atoms with Gasteiger partial charge in [0.2, 0.25) is 5.82 Å². The molecule has 1 aliphatic carbocycles. The van der Waals surface area contributed by atoms with Gasteiger partial charge >= 0.3 is 6.18 Å². The Kier molecular flexibility index (Phi) is 8.64. The second-order valence-electron chi connectivity index (χ2n) is 6.59. The summed E-state index contributed by atoms with van der Waals surface area (Å²) < 4.78 is 56.8. The number of nitrogens with two attached hydrogens (primary N) is 2. The SMILES string of the molecule is NCCNC1CCC(c2ccc(C(F)(F)F)cc2-c2nn[nH]n2)CC1.NS(=O)[O-]. The molecule has 0 saturated heterocycles. The van der Waals surface area contributed by atoms with Gasteiger partial charge in [-0.15, -0.1) is 10.2 Å². The maximum atomic E-state index is 13.1. The van der Waals surface area contributed by atoms with Crippen LogP contribution in [-0.2, 0) is 17.4 Å². The fraction of sp³-hybridized carbons (Fsp3) is 0.562. The Morgan fingerprint density at radius 3 is 2.45 bits per heavy atom. The highest BCUT2D eigenvalue weighted by atomic mass is 32.2. The van der Waals surface area contributed by atoms with Crippen molar-refractivity contribution in [2.75, 3.05) is 13.1 Å². The van der Waals surface area contributed by atoms with Gasteiger partial charge in [0.25, 0.3) is 0 Å². The normalized spacial score (nSPS) is 20.6. The van der Waals surface area contributed by atoms with Crippen molar-refractivity contribution in [3.05, 3.63) is 29.3 Å². The highest BCUT2D eigenvalue weighted by Gasteiger charge is 2.33. The number of benzene rings is 1. The van der Waals surface area contributed by atoms with Gasteiger partial charge in [-0.05, 0) is 54.5 Å². The van der Waals surface area contributed by atoms with Gasteiger partial charge in [0.15, 0.2) is 0 Å². The first-order valence-corrected chi connectivity index (χ1v) is 10.1. The molecule has 29 heavy (non-hydrogen) atoms. The molecule has 3 rings (SSSR count). The summed E-state index contributed by atoms with van der Waals surface area (Å²) in [4.78, 5) is 0. The Hall–Kier alpha value is -1.93. The van der Waals surface area contributed by atoms with Crippen molar-refractivity contribution in [1.29, 1.82) is 0 Å². The molecule has 0 spiro atoms. The summed E-state index contributed by atoms with van der Waals surface area (Å²) in [6.07, 6.45) is -0.660. The molecule has 0 amide bonds. The summed E-state index contributed by atoms with van der Waals surface area (Å²) in [5, 5.41) is 21.0. The van der Waals surface area contributed by atoms with Gasteiger partial charge in [-0.25, -0.2) is 0 Å². The summed E-state index contributed by atoms with van der Waals surface area (Å²) >= 11 is -2.36. The minimum absolute atomic E-state index is 0.187. The number of aromatic nitrogens is 4. The van der Waals surface area contributed by atoms with Crippen LogP contribution < -0.4 is 16.2 Å². The van der Waals surface area contributed by atoms with E-state index in [4.69, 9.17) is 14.5 Å². The molecule has 1 atom stereocenters. The molecule has 1 unspecified atom stereocenters. The minimum Gasteiger partial charge on any atom is -0.760 e. The number of nitrogens with one attached hydrogen (secondary N) is 2. The van der Waals surface area contributed by atoms with Gasteiger partial charge in [-0.2, -0.15) is 18.4 Å². The second kappa shape index (κ2) is 10.7. The third-order valence-corrected chi connectivity index (χ3v) is 4.71. The van der Waals surface area contributed by atoms with Crippen LogP contribution in [0, 0.1) is 0 Å². The molecule has 13 heteroatoms. The largest absolute Gasteiger partial charge is 0.760 e. The van der Waals surface area contributed by atoms with Gasteiger partial charge < -0.3 is 15.6 Å². The molecule has 0 radical (unpaired) electrons. The number of aromatic amines is 1. The van der Waals surface area contributed by atoms with E-state index in [0.29, 0.717) is 18.2 Å². The highest BCUT2D eigenvalue weighted by molar-refractivity contribution is 7.76. The van der Waals surface area contributed by atoms with Gasteiger partial charge in [0.1, 0.15) is 0 Å². The molecule has 6 N–H and O–H groups in total. The first-order chi connectivity index (χ1) is 13.7. The number of hydrogen-bond donors (Lipinski definition) is 4. The molecule has 1 heterocycles. The maximum Gasteiger partial charge on any atom is 0.416 e. The van der Waals surface area contributed by atoms with Crippen molar-refractivity contribution in [2.24, 2.45) is 10.9 Å². The van der Waals surface area contributed by atoms with Crippen LogP contribution in [0.25, 0.3) is 11.4 Å². The van der Waals surface area contributed by atoms with E-state index in [9.17, 15) is 13.2 Å². The van der Waals surface area contributed by atoms with E-state index in [1.54, 1.807) is 6.07 Å². The summed E-state index contributed by atoms with van der Waals surface area (Å²) in [6, 6.07) is 4.24. The lowest BCUT2D eigenvalue weighted by Crippen LogP contribution is -2.36. The van der Waals surface area contributed by atoms with Crippen LogP contribution in [0.3, 0.4) is 0 Å². The minimum atomic E-state index is -4.40. The molecular formula is C16H23F3N7O2S-. The number of nitrogens with zero attached hydrogens (tertiary/aromatic N) is 3. The lowest BCUT2D eigenvalue weighted by Gasteiger charge is -2.30. The zero-order valence-corrected chi connectivity index (χ0v) is 16.3. The van der Waals surface area contributed by atoms with Crippen molar-refractivity contribution in [2.45, 2.75) is 43.8 Å². The quantitative estimate of drug-likeness (QED) is 0.515. The van der Waals surface area contributed by atoms with E-state index in [2.05, 4.69) is 31.1 Å². The van der Waals surface area contributed by atoms with Crippen LogP contribution in [-0.4, -0.2) is 48.5 Å². The van der Waals surface area contributed by atoms with Crippen molar-refractivity contribution >= 4 is 11.3 Å². The molecule has 1 aromatic carbocycles. The van der Waals surface area contributed by atoms with E-state index in [1.807, 2.05) is 0 Å². The molecule has 0 aliphatic heterocycles. The zero-order valence-electron chi connectivity index (χ0n) is 15.5.